The first-order valence-corrected chi connectivity index (χ1v) is 10.8. The number of benzene rings is 1. The van der Waals surface area contributed by atoms with E-state index in [0.717, 1.165) is 30.4 Å². The van der Waals surface area contributed by atoms with Crippen LogP contribution in [0.5, 0.6) is 0 Å². The highest BCUT2D eigenvalue weighted by Crippen LogP contribution is 2.28. The Hall–Kier alpha value is -1.73. The van der Waals surface area contributed by atoms with Crippen LogP contribution in [0.4, 0.5) is 0 Å². The van der Waals surface area contributed by atoms with Crippen LogP contribution in [0.15, 0.2) is 29.8 Å². The summed E-state index contributed by atoms with van der Waals surface area (Å²) < 4.78 is 23.0. The topological polar surface area (TPSA) is 74.2 Å². The molecule has 0 aliphatic carbocycles. The molecule has 30 heavy (non-hydrogen) atoms. The van der Waals surface area contributed by atoms with Gasteiger partial charge in [-0.3, -0.25) is 0 Å². The fraction of sp³-hybridized carbons (Fsp3) is 0.625. The van der Waals surface area contributed by atoms with Crippen molar-refractivity contribution in [1.29, 1.82) is 0 Å². The van der Waals surface area contributed by atoms with E-state index in [1.807, 2.05) is 44.2 Å². The highest BCUT2D eigenvalue weighted by molar-refractivity contribution is 5.93. The SMILES string of the molecule is CCOC(=O)C(C)=Cc1cccc(C(CCOC(C)(C)CO)OC2CCCCO2)c1. The number of esters is 1. The molecule has 1 aromatic carbocycles. The maximum Gasteiger partial charge on any atom is 0.333 e. The zero-order valence-corrected chi connectivity index (χ0v) is 18.7. The van der Waals surface area contributed by atoms with Crippen LogP contribution in [-0.4, -0.2) is 49.4 Å². The third kappa shape index (κ3) is 8.19. The van der Waals surface area contributed by atoms with Crippen molar-refractivity contribution in [2.75, 3.05) is 26.4 Å². The van der Waals surface area contributed by atoms with Gasteiger partial charge in [-0.05, 0) is 70.2 Å². The van der Waals surface area contributed by atoms with Crippen molar-refractivity contribution in [1.82, 2.24) is 0 Å². The largest absolute Gasteiger partial charge is 0.463 e. The number of carbonyl (C=O) groups excluding carboxylic acids is 1. The van der Waals surface area contributed by atoms with Gasteiger partial charge in [0.25, 0.3) is 0 Å². The van der Waals surface area contributed by atoms with Crippen molar-refractivity contribution in [2.45, 2.75) is 71.4 Å². The van der Waals surface area contributed by atoms with Gasteiger partial charge in [-0.1, -0.05) is 18.2 Å². The number of carbonyl (C=O) groups is 1. The highest BCUT2D eigenvalue weighted by Gasteiger charge is 2.23. The van der Waals surface area contributed by atoms with Crippen LogP contribution >= 0.6 is 0 Å². The second kappa shape index (κ2) is 12.2. The molecule has 2 rings (SSSR count). The Bertz CT molecular complexity index is 691. The molecule has 0 amide bonds. The van der Waals surface area contributed by atoms with Crippen LogP contribution in [0, 0.1) is 0 Å². The molecule has 1 heterocycles. The van der Waals surface area contributed by atoms with Gasteiger partial charge in [0.2, 0.25) is 0 Å². The number of hydrogen-bond acceptors (Lipinski definition) is 6. The third-order valence-corrected chi connectivity index (χ3v) is 4.97. The molecule has 0 aromatic heterocycles. The van der Waals surface area contributed by atoms with E-state index in [9.17, 15) is 9.90 Å². The quantitative estimate of drug-likeness (QED) is 0.422. The Morgan fingerprint density at radius 2 is 2.17 bits per heavy atom. The van der Waals surface area contributed by atoms with E-state index in [-0.39, 0.29) is 25.0 Å². The molecule has 0 saturated carbocycles. The predicted molar refractivity (Wildman–Crippen MR) is 116 cm³/mol. The highest BCUT2D eigenvalue weighted by atomic mass is 16.7. The summed E-state index contributed by atoms with van der Waals surface area (Å²) in [5.74, 6) is -0.314. The number of rotatable bonds is 11. The van der Waals surface area contributed by atoms with Crippen molar-refractivity contribution in [2.24, 2.45) is 0 Å². The monoisotopic (exact) mass is 420 g/mol. The van der Waals surface area contributed by atoms with Gasteiger partial charge < -0.3 is 24.1 Å². The zero-order valence-electron chi connectivity index (χ0n) is 18.7. The fourth-order valence-electron chi connectivity index (χ4n) is 3.21. The first-order valence-electron chi connectivity index (χ1n) is 10.8. The van der Waals surface area contributed by atoms with E-state index >= 15 is 0 Å². The van der Waals surface area contributed by atoms with Crippen LogP contribution in [-0.2, 0) is 23.7 Å². The molecule has 0 bridgehead atoms. The van der Waals surface area contributed by atoms with Crippen molar-refractivity contribution in [3.63, 3.8) is 0 Å². The van der Waals surface area contributed by atoms with E-state index < -0.39 is 5.60 Å². The minimum absolute atomic E-state index is 0.0440. The van der Waals surface area contributed by atoms with E-state index in [4.69, 9.17) is 18.9 Å². The Kier molecular flexibility index (Phi) is 9.98. The average Bonchev–Trinajstić information content (AvgIpc) is 2.74. The molecule has 1 saturated heterocycles. The van der Waals surface area contributed by atoms with Gasteiger partial charge in [0.1, 0.15) is 0 Å². The fourth-order valence-corrected chi connectivity index (χ4v) is 3.21. The lowest BCUT2D eigenvalue weighted by Gasteiger charge is -2.29. The Morgan fingerprint density at radius 1 is 1.37 bits per heavy atom. The maximum atomic E-state index is 11.9. The third-order valence-electron chi connectivity index (χ3n) is 4.97. The Balaban J connectivity index is 2.15. The molecule has 1 fully saturated rings. The summed E-state index contributed by atoms with van der Waals surface area (Å²) >= 11 is 0. The molecule has 1 N–H and O–H groups in total. The normalized spacial score (nSPS) is 18.8. The van der Waals surface area contributed by atoms with Crippen LogP contribution in [0.3, 0.4) is 0 Å². The van der Waals surface area contributed by atoms with Crippen molar-refractivity contribution >= 4 is 12.0 Å². The second-order valence-electron chi connectivity index (χ2n) is 8.19. The van der Waals surface area contributed by atoms with Gasteiger partial charge in [0.15, 0.2) is 6.29 Å². The van der Waals surface area contributed by atoms with E-state index in [2.05, 4.69) is 0 Å². The van der Waals surface area contributed by atoms with Gasteiger partial charge in [-0.25, -0.2) is 4.79 Å². The van der Waals surface area contributed by atoms with E-state index in [0.29, 0.717) is 31.8 Å². The smallest absolute Gasteiger partial charge is 0.333 e. The van der Waals surface area contributed by atoms with Gasteiger partial charge in [0, 0.05) is 18.6 Å². The van der Waals surface area contributed by atoms with Crippen LogP contribution in [0.1, 0.15) is 70.6 Å². The van der Waals surface area contributed by atoms with E-state index in [1.165, 1.54) is 0 Å². The second-order valence-corrected chi connectivity index (χ2v) is 8.19. The molecule has 168 valence electrons. The zero-order chi connectivity index (χ0) is 22.0. The first kappa shape index (κ1) is 24.5. The predicted octanol–water partition coefficient (Wildman–Crippen LogP) is 4.41. The maximum absolute atomic E-state index is 11.9. The lowest BCUT2D eigenvalue weighted by molar-refractivity contribution is -0.195. The lowest BCUT2D eigenvalue weighted by atomic mass is 10.0. The van der Waals surface area contributed by atoms with Crippen LogP contribution in [0.2, 0.25) is 0 Å². The standard InChI is InChI=1S/C24H36O6/c1-5-27-23(26)18(2)15-19-9-8-10-20(16-19)21(12-14-29-24(3,4)17-25)30-22-11-6-7-13-28-22/h8-10,15-16,21-22,25H,5-7,11-14,17H2,1-4H3. The molecular weight excluding hydrogens is 384 g/mol. The summed E-state index contributed by atoms with van der Waals surface area (Å²) in [6.07, 6.45) is 5.04. The van der Waals surface area contributed by atoms with Gasteiger partial charge in [-0.15, -0.1) is 0 Å². The van der Waals surface area contributed by atoms with Gasteiger partial charge in [0.05, 0.1) is 31.5 Å². The molecular formula is C24H36O6. The van der Waals surface area contributed by atoms with Gasteiger partial charge in [-0.2, -0.15) is 0 Å². The Morgan fingerprint density at radius 3 is 2.83 bits per heavy atom. The minimum Gasteiger partial charge on any atom is -0.463 e. The molecule has 0 radical (unpaired) electrons. The van der Waals surface area contributed by atoms with Crippen LogP contribution < -0.4 is 0 Å². The number of ether oxygens (including phenoxy) is 4. The van der Waals surface area contributed by atoms with Crippen molar-refractivity contribution in [3.05, 3.63) is 41.0 Å². The average molecular weight is 421 g/mol. The number of hydrogen-bond donors (Lipinski definition) is 1. The summed E-state index contributed by atoms with van der Waals surface area (Å²) in [6.45, 7) is 8.73. The molecule has 1 aromatic rings. The molecule has 6 nitrogen and oxygen atoms in total. The number of aliphatic hydroxyl groups is 1. The molecule has 2 unspecified atom stereocenters. The van der Waals surface area contributed by atoms with Crippen LogP contribution in [0.25, 0.3) is 6.08 Å². The Labute approximate surface area is 180 Å². The summed E-state index contributed by atoms with van der Waals surface area (Å²) in [5.41, 5.74) is 1.87. The molecule has 2 atom stereocenters. The minimum atomic E-state index is -0.590. The van der Waals surface area contributed by atoms with Crippen molar-refractivity contribution in [3.8, 4) is 0 Å². The van der Waals surface area contributed by atoms with Gasteiger partial charge >= 0.3 is 5.97 Å². The molecule has 1 aliphatic heterocycles. The van der Waals surface area contributed by atoms with E-state index in [1.54, 1.807) is 13.8 Å². The number of aliphatic hydroxyl groups excluding tert-OH is 1. The molecule has 0 spiro atoms. The first-order chi connectivity index (χ1) is 14.3. The van der Waals surface area contributed by atoms with Crippen molar-refractivity contribution < 1.29 is 28.8 Å². The summed E-state index contributed by atoms with van der Waals surface area (Å²) in [7, 11) is 0. The summed E-state index contributed by atoms with van der Waals surface area (Å²) in [5, 5.41) is 9.42. The lowest BCUT2D eigenvalue weighted by Crippen LogP contribution is -2.30. The molecule has 1 aliphatic rings. The molecule has 6 heteroatoms. The summed E-state index contributed by atoms with van der Waals surface area (Å²) in [6, 6.07) is 7.94. The summed E-state index contributed by atoms with van der Waals surface area (Å²) in [4.78, 5) is 11.9.